The van der Waals surface area contributed by atoms with E-state index in [0.29, 0.717) is 0 Å². The predicted octanol–water partition coefficient (Wildman–Crippen LogP) is -3.71. The minimum Gasteiger partial charge on any atom is -0.368 e. The van der Waals surface area contributed by atoms with Gasteiger partial charge in [-0.15, -0.1) is 24.4 Å². The number of aldehydes is 1. The third-order valence-electron chi connectivity index (χ3n) is 5.74. The van der Waals surface area contributed by atoms with E-state index in [1.165, 1.54) is 17.8 Å². The zero-order valence-electron chi connectivity index (χ0n) is 25.6. The molecule has 0 saturated carbocycles. The number of amides is 8. The molecule has 1 rings (SSSR count). The summed E-state index contributed by atoms with van der Waals surface area (Å²) in [5.74, 6) is -5.65. The molecule has 0 aliphatic heterocycles. The fraction of sp³-hybridized carbons (Fsp3) is 0.393. The molecule has 48 heavy (non-hydrogen) atoms. The van der Waals surface area contributed by atoms with Gasteiger partial charge in [-0.25, -0.2) is 0 Å². The number of rotatable bonds is 22. The van der Waals surface area contributed by atoms with Crippen LogP contribution in [-0.2, 0) is 49.6 Å². The molecule has 0 fully saturated rings. The Bertz CT molecular complexity index is 1330. The molecule has 0 aliphatic rings. The van der Waals surface area contributed by atoms with Crippen LogP contribution in [0.2, 0.25) is 0 Å². The quantitative estimate of drug-likeness (QED) is 0.0242. The molecule has 262 valence electrons. The summed E-state index contributed by atoms with van der Waals surface area (Å²) < 4.78 is 0. The Balaban J connectivity index is 2.33. The van der Waals surface area contributed by atoms with E-state index in [4.69, 9.17) is 5.73 Å². The van der Waals surface area contributed by atoms with Crippen molar-refractivity contribution in [2.45, 2.75) is 30.3 Å². The number of thioether (sulfide) groups is 1. The van der Waals surface area contributed by atoms with Crippen LogP contribution in [0, 0.1) is 0 Å². The molecule has 9 N–H and O–H groups in total. The maximum Gasteiger partial charge on any atom is 0.253 e. The Hall–Kier alpha value is -4.56. The third kappa shape index (κ3) is 18.6. The van der Waals surface area contributed by atoms with Crippen LogP contribution in [0.1, 0.15) is 12.0 Å². The molecule has 3 atom stereocenters. The van der Waals surface area contributed by atoms with Gasteiger partial charge in [-0.05, 0) is 11.0 Å². The maximum atomic E-state index is 12.4. The molecular formula is C28H38N8O9S3. The summed E-state index contributed by atoms with van der Waals surface area (Å²) in [6.07, 6.45) is 2.35. The van der Waals surface area contributed by atoms with Crippen LogP contribution in [0.15, 0.2) is 41.8 Å². The van der Waals surface area contributed by atoms with E-state index < -0.39 is 90.9 Å². The number of hydrogen-bond donors (Lipinski definition) is 10. The highest BCUT2D eigenvalue weighted by Gasteiger charge is 2.24. The highest BCUT2D eigenvalue weighted by Crippen LogP contribution is 2.04. The first kappa shape index (κ1) is 41.5. The first-order chi connectivity index (χ1) is 22.9. The fourth-order valence-electron chi connectivity index (χ4n) is 3.37. The van der Waals surface area contributed by atoms with Crippen molar-refractivity contribution in [2.75, 3.05) is 37.7 Å². The second kappa shape index (κ2) is 23.7. The van der Waals surface area contributed by atoms with E-state index in [0.717, 1.165) is 11.8 Å². The van der Waals surface area contributed by atoms with Crippen LogP contribution in [0.4, 0.5) is 0 Å². The van der Waals surface area contributed by atoms with E-state index in [2.05, 4.69) is 62.5 Å². The Morgan fingerprint density at radius 2 is 1.29 bits per heavy atom. The van der Waals surface area contributed by atoms with Crippen molar-refractivity contribution < 1.29 is 43.2 Å². The number of nitrogens with two attached hydrogens (primary N) is 1. The third-order valence-corrected chi connectivity index (χ3v) is 7.19. The predicted molar refractivity (Wildman–Crippen MR) is 182 cm³/mol. The molecular weight excluding hydrogens is 689 g/mol. The van der Waals surface area contributed by atoms with Crippen molar-refractivity contribution in [2.24, 2.45) is 5.73 Å². The van der Waals surface area contributed by atoms with Gasteiger partial charge in [0, 0.05) is 18.6 Å². The largest absolute Gasteiger partial charge is 0.368 e. The summed E-state index contributed by atoms with van der Waals surface area (Å²) in [4.78, 5) is 107. The number of thiol groups is 2. The second-order valence-electron chi connectivity index (χ2n) is 9.55. The number of primary amides is 1. The number of carbonyl (C=O) groups is 9. The summed E-state index contributed by atoms with van der Waals surface area (Å²) in [6.45, 7) is -2.08. The molecule has 0 radical (unpaired) electrons. The van der Waals surface area contributed by atoms with E-state index in [1.54, 1.807) is 35.7 Å². The molecule has 20 heteroatoms. The van der Waals surface area contributed by atoms with Crippen molar-refractivity contribution in [3.05, 3.63) is 47.4 Å². The summed E-state index contributed by atoms with van der Waals surface area (Å²) in [7, 11) is 0. The number of carbonyl (C=O) groups excluding carboxylic acids is 9. The standard InChI is InChI=1S/C28H38N8O9S3/c29-25(43)18(11-17-5-2-1-3-6-17)35-27(45)28(47)36-24(42)15-32-21(39)12-31-22(40)13-33-26(44)19(16-46)34-23(41)14-30-20(38)7-4-9-48-10-8-37/h1-6,8-9,18-19,28,46-47H,7,10-16H2,(H2,29,43)(H,30,38)(H,31,40)(H,32,39)(H,33,44)(H,34,41)(H,35,45)(H,36,42)/t18-,19?,28-/m0/s1. The maximum absolute atomic E-state index is 12.4. The van der Waals surface area contributed by atoms with Gasteiger partial charge in [0.25, 0.3) is 5.91 Å². The van der Waals surface area contributed by atoms with Crippen LogP contribution in [0.25, 0.3) is 0 Å². The van der Waals surface area contributed by atoms with E-state index in [-0.39, 0.29) is 24.3 Å². The summed E-state index contributed by atoms with van der Waals surface area (Å²) in [6, 6.07) is 6.62. The normalized spacial score (nSPS) is 12.4. The summed E-state index contributed by atoms with van der Waals surface area (Å²) >= 11 is 9.22. The molecule has 0 saturated heterocycles. The first-order valence-corrected chi connectivity index (χ1v) is 16.3. The van der Waals surface area contributed by atoms with Crippen LogP contribution in [-0.4, -0.2) is 109 Å². The second-order valence-corrected chi connectivity index (χ2v) is 11.4. The average Bonchev–Trinajstić information content (AvgIpc) is 3.06. The summed E-state index contributed by atoms with van der Waals surface area (Å²) in [5, 5.41) is 16.3. The molecule has 1 aromatic rings. The monoisotopic (exact) mass is 726 g/mol. The molecule has 0 aliphatic carbocycles. The average molecular weight is 727 g/mol. The smallest absolute Gasteiger partial charge is 0.253 e. The van der Waals surface area contributed by atoms with E-state index >= 15 is 0 Å². The topological polar surface area (TPSA) is 264 Å². The van der Waals surface area contributed by atoms with E-state index in [1.807, 2.05) is 0 Å². The highest BCUT2D eigenvalue weighted by molar-refractivity contribution is 8.02. The van der Waals surface area contributed by atoms with Crippen LogP contribution >= 0.6 is 37.0 Å². The van der Waals surface area contributed by atoms with Gasteiger partial charge >= 0.3 is 0 Å². The number of benzene rings is 1. The van der Waals surface area contributed by atoms with Gasteiger partial charge < -0.3 is 47.7 Å². The Kier molecular flexibility index (Phi) is 20.5. The zero-order chi connectivity index (χ0) is 35.9. The van der Waals surface area contributed by atoms with Crippen molar-refractivity contribution in [3.63, 3.8) is 0 Å². The molecule has 0 spiro atoms. The SMILES string of the molecule is NC(=O)[C@H](Cc1ccccc1)NC(=O)[C@H](S)NC(=O)CNC(=O)CNC(=O)CNC(=O)C(CS)NC(=O)CNC(=O)CC=CSCC=O. The molecule has 1 unspecified atom stereocenters. The Labute approximate surface area is 291 Å². The van der Waals surface area contributed by atoms with Gasteiger partial charge in [0.15, 0.2) is 5.37 Å². The van der Waals surface area contributed by atoms with Gasteiger partial charge in [0.2, 0.25) is 41.4 Å². The lowest BCUT2D eigenvalue weighted by atomic mass is 10.1. The molecule has 1 aromatic carbocycles. The van der Waals surface area contributed by atoms with Crippen LogP contribution in [0.5, 0.6) is 0 Å². The lowest BCUT2D eigenvalue weighted by Gasteiger charge is -2.19. The van der Waals surface area contributed by atoms with Crippen LogP contribution < -0.4 is 43.0 Å². The summed E-state index contributed by atoms with van der Waals surface area (Å²) in [5.41, 5.74) is 6.12. The van der Waals surface area contributed by atoms with Crippen molar-refractivity contribution in [3.8, 4) is 0 Å². The first-order valence-electron chi connectivity index (χ1n) is 14.2. The minimum absolute atomic E-state index is 0.0132. The van der Waals surface area contributed by atoms with Crippen molar-refractivity contribution >= 4 is 90.6 Å². The molecule has 8 amide bonds. The Morgan fingerprint density at radius 3 is 1.88 bits per heavy atom. The van der Waals surface area contributed by atoms with Gasteiger partial charge in [-0.1, -0.05) is 36.4 Å². The van der Waals surface area contributed by atoms with Crippen molar-refractivity contribution in [1.82, 2.24) is 37.2 Å². The van der Waals surface area contributed by atoms with Gasteiger partial charge in [0.1, 0.15) is 18.4 Å². The lowest BCUT2D eigenvalue weighted by molar-refractivity contribution is -0.131. The minimum atomic E-state index is -1.37. The molecule has 0 aromatic heterocycles. The number of nitrogens with one attached hydrogen (secondary N) is 7. The number of hydrogen-bond acceptors (Lipinski definition) is 12. The van der Waals surface area contributed by atoms with Gasteiger partial charge in [-0.2, -0.15) is 12.6 Å². The Morgan fingerprint density at radius 1 is 0.729 bits per heavy atom. The molecule has 0 bridgehead atoms. The van der Waals surface area contributed by atoms with Gasteiger partial charge in [0.05, 0.1) is 31.9 Å². The zero-order valence-corrected chi connectivity index (χ0v) is 28.2. The highest BCUT2D eigenvalue weighted by atomic mass is 32.2. The lowest BCUT2D eigenvalue weighted by Crippen LogP contribution is -2.53. The van der Waals surface area contributed by atoms with Crippen molar-refractivity contribution in [1.29, 1.82) is 0 Å². The van der Waals surface area contributed by atoms with E-state index in [9.17, 15) is 43.2 Å². The van der Waals surface area contributed by atoms with Crippen LogP contribution in [0.3, 0.4) is 0 Å². The molecule has 0 heterocycles. The fourth-order valence-corrected chi connectivity index (χ4v) is 4.27. The van der Waals surface area contributed by atoms with Gasteiger partial charge in [-0.3, -0.25) is 38.4 Å². The molecule has 17 nitrogen and oxygen atoms in total.